The Morgan fingerprint density at radius 1 is 0.423 bits per heavy atom. The zero-order valence-electron chi connectivity index (χ0n) is 29.9. The molecule has 8 aromatic rings. The first-order valence-electron chi connectivity index (χ1n) is 18.3. The van der Waals surface area contributed by atoms with Gasteiger partial charge in [-0.1, -0.05) is 149 Å². The Morgan fingerprint density at radius 3 is 1.79 bits per heavy atom. The molecule has 2 aliphatic rings. The molecule has 0 bridgehead atoms. The highest BCUT2D eigenvalue weighted by molar-refractivity contribution is 7.22. The van der Waals surface area contributed by atoms with Crippen molar-refractivity contribution >= 4 is 38.5 Å². The Bertz CT molecular complexity index is 2660. The lowest BCUT2D eigenvalue weighted by Gasteiger charge is -2.28. The van der Waals surface area contributed by atoms with E-state index in [4.69, 9.17) is 0 Å². The first kappa shape index (κ1) is 31.1. The summed E-state index contributed by atoms with van der Waals surface area (Å²) in [6.45, 7) is 9.47. The minimum atomic E-state index is -0.0590. The fraction of sp³-hybridized carbons (Fsp3) is 0.120. The highest BCUT2D eigenvalue weighted by atomic mass is 32.1. The molecule has 0 fully saturated rings. The molecular weight excluding hydrogens is 647 g/mol. The van der Waals surface area contributed by atoms with Gasteiger partial charge in [-0.25, -0.2) is 0 Å². The van der Waals surface area contributed by atoms with Crippen molar-refractivity contribution in [2.45, 2.75) is 38.5 Å². The zero-order chi connectivity index (χ0) is 35.2. The van der Waals surface area contributed by atoms with Gasteiger partial charge in [0.15, 0.2) is 0 Å². The van der Waals surface area contributed by atoms with Gasteiger partial charge in [-0.3, -0.25) is 0 Å². The molecule has 0 aliphatic heterocycles. The molecule has 52 heavy (non-hydrogen) atoms. The molecule has 0 unspecified atom stereocenters. The maximum Gasteiger partial charge on any atom is 0.0465 e. The van der Waals surface area contributed by atoms with Gasteiger partial charge in [0.05, 0.1) is 0 Å². The summed E-state index contributed by atoms with van der Waals surface area (Å²) in [5, 5.41) is 1.39. The van der Waals surface area contributed by atoms with Crippen molar-refractivity contribution in [3.63, 3.8) is 0 Å². The monoisotopic (exact) mass is 685 g/mol. The van der Waals surface area contributed by atoms with Gasteiger partial charge >= 0.3 is 0 Å². The standard InChI is InChI=1S/C50H39NS/c1-49(2)42-18-10-8-15-39(42)40-30-29-37(31-44(40)49)51(35-13-6-5-7-14-35)36-27-25-33(26-28-36)32-21-23-34(24-22-32)38-17-12-19-43-46(38)48-47(50(43,3)4)41-16-9-11-20-45(41)52-48/h5-31H,1-4H3. The molecule has 0 radical (unpaired) electrons. The van der Waals surface area contributed by atoms with E-state index >= 15 is 0 Å². The Labute approximate surface area is 310 Å². The summed E-state index contributed by atoms with van der Waals surface area (Å²) >= 11 is 1.94. The first-order chi connectivity index (χ1) is 25.3. The SMILES string of the molecule is CC1(C)c2ccccc2-c2ccc(N(c3ccccc3)c3ccc(-c4ccc(-c5cccc6c5-c5sc7ccccc7c5C6(C)C)cc4)cc3)cc21. The molecule has 7 aromatic carbocycles. The third-order valence-corrected chi connectivity index (χ3v) is 12.9. The number of thiophene rings is 1. The maximum atomic E-state index is 2.40. The van der Waals surface area contributed by atoms with E-state index in [-0.39, 0.29) is 10.8 Å². The average Bonchev–Trinajstić information content (AvgIpc) is 3.76. The van der Waals surface area contributed by atoms with Crippen LogP contribution in [0.1, 0.15) is 49.9 Å². The Kier molecular flexibility index (Phi) is 6.81. The molecule has 2 heteroatoms. The van der Waals surface area contributed by atoms with E-state index in [0.29, 0.717) is 0 Å². The quantitative estimate of drug-likeness (QED) is 0.174. The van der Waals surface area contributed by atoms with Gasteiger partial charge in [-0.15, -0.1) is 11.3 Å². The predicted octanol–water partition coefficient (Wildman–Crippen LogP) is 14.3. The maximum absolute atomic E-state index is 2.40. The molecular formula is C50H39NS. The van der Waals surface area contributed by atoms with Gasteiger partial charge in [-0.05, 0) is 103 Å². The van der Waals surface area contributed by atoms with Crippen LogP contribution in [-0.4, -0.2) is 0 Å². The molecule has 0 saturated heterocycles. The largest absolute Gasteiger partial charge is 0.310 e. The second-order valence-corrected chi connectivity index (χ2v) is 16.4. The number of benzene rings is 7. The molecule has 0 amide bonds. The van der Waals surface area contributed by atoms with Crippen molar-refractivity contribution in [1.82, 2.24) is 0 Å². The highest BCUT2D eigenvalue weighted by Crippen LogP contribution is 2.58. The molecule has 0 saturated carbocycles. The van der Waals surface area contributed by atoms with Crippen LogP contribution in [0.25, 0.3) is 53.9 Å². The smallest absolute Gasteiger partial charge is 0.0465 e. The van der Waals surface area contributed by atoms with E-state index in [1.165, 1.54) is 81.8 Å². The van der Waals surface area contributed by atoms with Gasteiger partial charge in [-0.2, -0.15) is 0 Å². The molecule has 2 aliphatic carbocycles. The molecule has 250 valence electrons. The number of anilines is 3. The highest BCUT2D eigenvalue weighted by Gasteiger charge is 2.40. The van der Waals surface area contributed by atoms with Gasteiger partial charge < -0.3 is 4.90 Å². The van der Waals surface area contributed by atoms with Crippen LogP contribution in [0, 0.1) is 0 Å². The molecule has 1 aromatic heterocycles. The number of hydrogen-bond acceptors (Lipinski definition) is 2. The minimum Gasteiger partial charge on any atom is -0.310 e. The second-order valence-electron chi connectivity index (χ2n) is 15.4. The van der Waals surface area contributed by atoms with Crippen molar-refractivity contribution < 1.29 is 0 Å². The van der Waals surface area contributed by atoms with Gasteiger partial charge in [0, 0.05) is 43.0 Å². The topological polar surface area (TPSA) is 3.24 Å². The summed E-state index contributed by atoms with van der Waals surface area (Å²) in [4.78, 5) is 3.81. The summed E-state index contributed by atoms with van der Waals surface area (Å²) in [6.07, 6.45) is 0. The van der Waals surface area contributed by atoms with Crippen LogP contribution >= 0.6 is 11.3 Å². The van der Waals surface area contributed by atoms with Crippen molar-refractivity contribution in [3.05, 3.63) is 186 Å². The fourth-order valence-electron chi connectivity index (χ4n) is 9.04. The van der Waals surface area contributed by atoms with Crippen LogP contribution < -0.4 is 4.90 Å². The minimum absolute atomic E-state index is 0.0312. The number of nitrogens with zero attached hydrogens (tertiary/aromatic N) is 1. The second kappa shape index (κ2) is 11.4. The number of para-hydroxylation sites is 1. The number of fused-ring (bicyclic) bond motifs is 8. The van der Waals surface area contributed by atoms with Crippen molar-refractivity contribution in [2.24, 2.45) is 0 Å². The van der Waals surface area contributed by atoms with Crippen LogP contribution in [0.2, 0.25) is 0 Å². The van der Waals surface area contributed by atoms with E-state index < -0.39 is 0 Å². The van der Waals surface area contributed by atoms with E-state index in [9.17, 15) is 0 Å². The third-order valence-electron chi connectivity index (χ3n) is 11.7. The lowest BCUT2D eigenvalue weighted by molar-refractivity contribution is 0.660. The summed E-state index contributed by atoms with van der Waals surface area (Å²) in [5.41, 5.74) is 18.1. The predicted molar refractivity (Wildman–Crippen MR) is 223 cm³/mol. The molecule has 1 heterocycles. The Balaban J connectivity index is 0.996. The lowest BCUT2D eigenvalue weighted by atomic mass is 9.81. The average molecular weight is 686 g/mol. The van der Waals surface area contributed by atoms with Crippen LogP contribution in [0.5, 0.6) is 0 Å². The van der Waals surface area contributed by atoms with Gasteiger partial charge in [0.1, 0.15) is 0 Å². The summed E-state index contributed by atoms with van der Waals surface area (Å²) in [5.74, 6) is 0. The van der Waals surface area contributed by atoms with E-state index in [2.05, 4.69) is 196 Å². The van der Waals surface area contributed by atoms with Crippen molar-refractivity contribution in [2.75, 3.05) is 4.90 Å². The van der Waals surface area contributed by atoms with E-state index in [1.54, 1.807) is 0 Å². The van der Waals surface area contributed by atoms with Gasteiger partial charge in [0.2, 0.25) is 0 Å². The molecule has 0 atom stereocenters. The van der Waals surface area contributed by atoms with E-state index in [0.717, 1.165) is 11.4 Å². The lowest BCUT2D eigenvalue weighted by Crippen LogP contribution is -2.16. The summed E-state index contributed by atoms with van der Waals surface area (Å²) in [7, 11) is 0. The Hall–Kier alpha value is -5.70. The fourth-order valence-corrected chi connectivity index (χ4v) is 10.5. The van der Waals surface area contributed by atoms with Crippen LogP contribution in [0.4, 0.5) is 17.1 Å². The zero-order valence-corrected chi connectivity index (χ0v) is 30.8. The number of rotatable bonds is 5. The third kappa shape index (κ3) is 4.54. The Morgan fingerprint density at radius 2 is 1.00 bits per heavy atom. The van der Waals surface area contributed by atoms with Crippen LogP contribution in [0.15, 0.2) is 164 Å². The van der Waals surface area contributed by atoms with Crippen LogP contribution in [0.3, 0.4) is 0 Å². The van der Waals surface area contributed by atoms with Crippen molar-refractivity contribution in [1.29, 1.82) is 0 Å². The summed E-state index contributed by atoms with van der Waals surface area (Å²) < 4.78 is 1.37. The molecule has 1 nitrogen and oxygen atoms in total. The van der Waals surface area contributed by atoms with Gasteiger partial charge in [0.25, 0.3) is 0 Å². The molecule has 0 spiro atoms. The van der Waals surface area contributed by atoms with E-state index in [1.807, 2.05) is 11.3 Å². The van der Waals surface area contributed by atoms with Crippen LogP contribution in [-0.2, 0) is 10.8 Å². The first-order valence-corrected chi connectivity index (χ1v) is 19.1. The van der Waals surface area contributed by atoms with Crippen molar-refractivity contribution in [3.8, 4) is 43.8 Å². The molecule has 10 rings (SSSR count). The normalized spacial score (nSPS) is 14.5. The summed E-state index contributed by atoms with van der Waals surface area (Å²) in [6, 6.07) is 60.6. The molecule has 0 N–H and O–H groups in total. The number of hydrogen-bond donors (Lipinski definition) is 0.